The second-order valence-electron chi connectivity index (χ2n) is 8.33. The Hall–Kier alpha value is -1.21. The highest BCUT2D eigenvalue weighted by Gasteiger charge is 2.27. The van der Waals surface area contributed by atoms with Gasteiger partial charge in [0.2, 0.25) is 10.0 Å². The minimum absolute atomic E-state index is 0.0855. The van der Waals surface area contributed by atoms with Gasteiger partial charge < -0.3 is 0 Å². The van der Waals surface area contributed by atoms with Gasteiger partial charge in [-0.1, -0.05) is 12.8 Å². The third kappa shape index (κ3) is 4.76. The second-order valence-corrected chi connectivity index (χ2v) is 10.8. The zero-order valence-electron chi connectivity index (χ0n) is 18.3. The summed E-state index contributed by atoms with van der Waals surface area (Å²) in [5.74, 6) is 0. The molecule has 0 saturated carbocycles. The van der Waals surface area contributed by atoms with Crippen molar-refractivity contribution >= 4 is 21.4 Å². The first-order valence-electron chi connectivity index (χ1n) is 10.6. The Labute approximate surface area is 180 Å². The Balaban J connectivity index is 1.89. The second kappa shape index (κ2) is 9.29. The number of sulfonamides is 1. The molecular weight excluding hydrogens is 400 g/mol. The Morgan fingerprint density at radius 1 is 0.931 bits per heavy atom. The van der Waals surface area contributed by atoms with Crippen LogP contribution in [0.2, 0.25) is 0 Å². The molecule has 0 aliphatic carbocycles. The molecule has 160 valence electrons. The zero-order chi connectivity index (χ0) is 21.2. The number of hydrogen-bond acceptors (Lipinski definition) is 4. The molecule has 1 aromatic carbocycles. The quantitative estimate of drug-likeness (QED) is 0.681. The predicted octanol–water partition coefficient (Wildman–Crippen LogP) is 5.19. The fourth-order valence-corrected chi connectivity index (χ4v) is 6.80. The summed E-state index contributed by atoms with van der Waals surface area (Å²) in [6.45, 7) is 12.4. The monoisotopic (exact) mass is 434 g/mol. The standard InChI is InChI=1S/C23H34N2O2S2/c1-16-17(2)19(4)23(20(5)18(16)3)29(26,27)24-14-22(21-10-13-28-15-21)25-11-8-6-7-9-12-25/h10,13,15,22,24H,6-9,11-12,14H2,1-5H3. The number of likely N-dealkylation sites (tertiary alicyclic amines) is 1. The Bertz CT molecular complexity index is 913. The molecule has 0 bridgehead atoms. The first kappa shape index (κ1) is 22.5. The van der Waals surface area contributed by atoms with Gasteiger partial charge in [-0.05, 0) is 111 Å². The lowest BCUT2D eigenvalue weighted by Gasteiger charge is -2.30. The maximum atomic E-state index is 13.4. The molecule has 1 atom stereocenters. The van der Waals surface area contributed by atoms with E-state index in [0.29, 0.717) is 11.4 Å². The van der Waals surface area contributed by atoms with Crippen LogP contribution in [0.15, 0.2) is 21.7 Å². The van der Waals surface area contributed by atoms with E-state index in [1.54, 1.807) is 11.3 Å². The molecule has 2 aromatic rings. The van der Waals surface area contributed by atoms with E-state index in [-0.39, 0.29) is 6.04 Å². The fraction of sp³-hybridized carbons (Fsp3) is 0.565. The molecule has 1 unspecified atom stereocenters. The third-order valence-electron chi connectivity index (χ3n) is 6.68. The van der Waals surface area contributed by atoms with Crippen LogP contribution in [0.4, 0.5) is 0 Å². The number of nitrogens with zero attached hydrogens (tertiary/aromatic N) is 1. The van der Waals surface area contributed by atoms with E-state index in [1.165, 1.54) is 36.8 Å². The van der Waals surface area contributed by atoms with Gasteiger partial charge in [0.15, 0.2) is 0 Å². The predicted molar refractivity (Wildman–Crippen MR) is 122 cm³/mol. The lowest BCUT2D eigenvalue weighted by Crippen LogP contribution is -2.39. The van der Waals surface area contributed by atoms with Crippen molar-refractivity contribution in [3.63, 3.8) is 0 Å². The van der Waals surface area contributed by atoms with E-state index in [1.807, 2.05) is 27.7 Å². The van der Waals surface area contributed by atoms with E-state index >= 15 is 0 Å². The molecule has 29 heavy (non-hydrogen) atoms. The highest BCUT2D eigenvalue weighted by molar-refractivity contribution is 7.89. The van der Waals surface area contributed by atoms with Crippen molar-refractivity contribution in [2.45, 2.75) is 71.2 Å². The third-order valence-corrected chi connectivity index (χ3v) is 9.07. The Kier molecular flexibility index (Phi) is 7.20. The van der Waals surface area contributed by atoms with Crippen LogP contribution < -0.4 is 4.72 Å². The molecule has 1 aliphatic heterocycles. The molecular formula is C23H34N2O2S2. The van der Waals surface area contributed by atoms with Crippen molar-refractivity contribution in [2.75, 3.05) is 19.6 Å². The van der Waals surface area contributed by atoms with E-state index in [4.69, 9.17) is 0 Å². The lowest BCUT2D eigenvalue weighted by atomic mass is 9.95. The molecule has 0 amide bonds. The lowest BCUT2D eigenvalue weighted by molar-refractivity contribution is 0.206. The van der Waals surface area contributed by atoms with E-state index in [2.05, 4.69) is 33.4 Å². The van der Waals surface area contributed by atoms with Crippen molar-refractivity contribution in [1.29, 1.82) is 0 Å². The summed E-state index contributed by atoms with van der Waals surface area (Å²) in [4.78, 5) is 2.92. The smallest absolute Gasteiger partial charge is 0.241 e. The first-order chi connectivity index (χ1) is 13.7. The minimum Gasteiger partial charge on any atom is -0.295 e. The van der Waals surface area contributed by atoms with Gasteiger partial charge in [-0.15, -0.1) is 0 Å². The van der Waals surface area contributed by atoms with Crippen LogP contribution in [0.25, 0.3) is 0 Å². The van der Waals surface area contributed by atoms with Gasteiger partial charge in [-0.25, -0.2) is 13.1 Å². The SMILES string of the molecule is Cc1c(C)c(C)c(S(=O)(=O)NCC(c2ccsc2)N2CCCCCC2)c(C)c1C. The van der Waals surface area contributed by atoms with Crippen molar-refractivity contribution in [3.8, 4) is 0 Å². The molecule has 1 aromatic heterocycles. The summed E-state index contributed by atoms with van der Waals surface area (Å²) >= 11 is 1.67. The fourth-order valence-electron chi connectivity index (χ4n) is 4.46. The van der Waals surface area contributed by atoms with Crippen LogP contribution in [-0.2, 0) is 10.0 Å². The van der Waals surface area contributed by atoms with Gasteiger partial charge in [0.25, 0.3) is 0 Å². The van der Waals surface area contributed by atoms with Crippen LogP contribution in [0.5, 0.6) is 0 Å². The van der Waals surface area contributed by atoms with E-state index < -0.39 is 10.0 Å². The topological polar surface area (TPSA) is 49.4 Å². The van der Waals surface area contributed by atoms with Crippen LogP contribution in [0, 0.1) is 34.6 Å². The van der Waals surface area contributed by atoms with Crippen LogP contribution in [-0.4, -0.2) is 33.0 Å². The first-order valence-corrected chi connectivity index (χ1v) is 13.0. The largest absolute Gasteiger partial charge is 0.295 e. The number of hydrogen-bond donors (Lipinski definition) is 1. The molecule has 1 saturated heterocycles. The zero-order valence-corrected chi connectivity index (χ0v) is 20.0. The molecule has 1 aliphatic rings. The van der Waals surface area contributed by atoms with Crippen molar-refractivity contribution < 1.29 is 8.42 Å². The molecule has 4 nitrogen and oxygen atoms in total. The van der Waals surface area contributed by atoms with Gasteiger partial charge in [0.1, 0.15) is 0 Å². The normalized spacial score (nSPS) is 17.3. The summed E-state index contributed by atoms with van der Waals surface area (Å²) < 4.78 is 29.7. The Morgan fingerprint density at radius 2 is 1.48 bits per heavy atom. The van der Waals surface area contributed by atoms with Gasteiger partial charge in [-0.2, -0.15) is 11.3 Å². The summed E-state index contributed by atoms with van der Waals surface area (Å²) in [6.07, 6.45) is 4.89. The summed E-state index contributed by atoms with van der Waals surface area (Å²) in [5, 5.41) is 4.23. The number of thiophene rings is 1. The average molecular weight is 435 g/mol. The molecule has 1 fully saturated rings. The summed E-state index contributed by atoms with van der Waals surface area (Å²) in [7, 11) is -3.59. The van der Waals surface area contributed by atoms with Crippen molar-refractivity contribution in [2.24, 2.45) is 0 Å². The number of rotatable bonds is 6. The van der Waals surface area contributed by atoms with Crippen molar-refractivity contribution in [1.82, 2.24) is 9.62 Å². The highest BCUT2D eigenvalue weighted by atomic mass is 32.2. The summed E-state index contributed by atoms with van der Waals surface area (Å²) in [6, 6.07) is 2.22. The molecule has 0 spiro atoms. The summed E-state index contributed by atoms with van der Waals surface area (Å²) in [5.41, 5.74) is 6.25. The molecule has 6 heteroatoms. The maximum absolute atomic E-state index is 13.4. The molecule has 2 heterocycles. The van der Waals surface area contributed by atoms with Crippen LogP contribution in [0.3, 0.4) is 0 Å². The van der Waals surface area contributed by atoms with Gasteiger partial charge in [0, 0.05) is 12.6 Å². The maximum Gasteiger partial charge on any atom is 0.241 e. The number of nitrogens with one attached hydrogen (secondary N) is 1. The molecule has 3 rings (SSSR count). The average Bonchev–Trinajstić information content (AvgIpc) is 3.07. The van der Waals surface area contributed by atoms with E-state index in [9.17, 15) is 8.42 Å². The van der Waals surface area contributed by atoms with E-state index in [0.717, 1.165) is 35.3 Å². The van der Waals surface area contributed by atoms with Gasteiger partial charge >= 0.3 is 0 Å². The highest BCUT2D eigenvalue weighted by Crippen LogP contribution is 2.30. The van der Waals surface area contributed by atoms with Crippen LogP contribution in [0.1, 0.15) is 65.1 Å². The van der Waals surface area contributed by atoms with Crippen molar-refractivity contribution in [3.05, 3.63) is 50.2 Å². The van der Waals surface area contributed by atoms with Gasteiger partial charge in [0.05, 0.1) is 4.90 Å². The minimum atomic E-state index is -3.59. The number of benzene rings is 1. The van der Waals surface area contributed by atoms with Crippen LogP contribution >= 0.6 is 11.3 Å². The van der Waals surface area contributed by atoms with Gasteiger partial charge in [-0.3, -0.25) is 4.90 Å². The Morgan fingerprint density at radius 3 is 2.00 bits per heavy atom. The molecule has 0 radical (unpaired) electrons. The molecule has 1 N–H and O–H groups in total.